The highest BCUT2D eigenvalue weighted by Gasteiger charge is 2.16. The summed E-state index contributed by atoms with van der Waals surface area (Å²) in [6, 6.07) is 17.7. The number of anilines is 2. The van der Waals surface area contributed by atoms with Crippen molar-refractivity contribution in [1.29, 1.82) is 0 Å². The summed E-state index contributed by atoms with van der Waals surface area (Å²) >= 11 is 6.95. The van der Waals surface area contributed by atoms with Crippen LogP contribution in [0.15, 0.2) is 81.6 Å². The predicted octanol–water partition coefficient (Wildman–Crippen LogP) is 5.54. The Morgan fingerprint density at radius 2 is 1.72 bits per heavy atom. The number of hydrogen-bond donors (Lipinski definition) is 2. The Hall–Kier alpha value is -3.50. The van der Waals surface area contributed by atoms with Crippen LogP contribution in [0.25, 0.3) is 11.3 Å². The third kappa shape index (κ3) is 6.58. The van der Waals surface area contributed by atoms with E-state index < -0.39 is 0 Å². The van der Waals surface area contributed by atoms with Gasteiger partial charge in [0.05, 0.1) is 6.54 Å². The third-order valence-corrected chi connectivity index (χ3v) is 6.78. The second-order valence-corrected chi connectivity index (χ2v) is 9.76. The molecule has 4 heterocycles. The number of nitrogens with zero attached hydrogens (tertiary/aromatic N) is 5. The van der Waals surface area contributed by atoms with Crippen LogP contribution in [0.4, 0.5) is 11.8 Å². The average molecular weight is 518 g/mol. The van der Waals surface area contributed by atoms with Crippen molar-refractivity contribution >= 4 is 40.9 Å². The third-order valence-electron chi connectivity index (χ3n) is 5.73. The highest BCUT2D eigenvalue weighted by Crippen LogP contribution is 2.28. The minimum absolute atomic E-state index is 0.424. The Kier molecular flexibility index (Phi) is 8.04. The summed E-state index contributed by atoms with van der Waals surface area (Å²) in [6.45, 7) is 2.41. The first-order valence-corrected chi connectivity index (χ1v) is 13.2. The number of rotatable bonds is 7. The maximum Gasteiger partial charge on any atom is 0.232 e. The van der Waals surface area contributed by atoms with Crippen molar-refractivity contribution in [2.24, 2.45) is 0 Å². The SMILES string of the molecule is S=C(NCc1ccc(-c2ccccc2)o1)Nc1nc(Sc2ncccn2)cc(N2CCCCCC2)n1. The molecule has 1 saturated heterocycles. The van der Waals surface area contributed by atoms with E-state index in [0.29, 0.717) is 22.8 Å². The number of nitrogens with one attached hydrogen (secondary N) is 2. The molecule has 3 aromatic heterocycles. The molecule has 0 amide bonds. The summed E-state index contributed by atoms with van der Waals surface area (Å²) in [5.74, 6) is 2.94. The Morgan fingerprint density at radius 3 is 2.50 bits per heavy atom. The summed E-state index contributed by atoms with van der Waals surface area (Å²) < 4.78 is 5.96. The van der Waals surface area contributed by atoms with Crippen LogP contribution in [0, 0.1) is 0 Å². The molecular weight excluding hydrogens is 490 g/mol. The van der Waals surface area contributed by atoms with Crippen LogP contribution in [0.1, 0.15) is 31.4 Å². The first-order valence-electron chi connectivity index (χ1n) is 12.0. The van der Waals surface area contributed by atoms with Crippen molar-refractivity contribution in [3.8, 4) is 11.3 Å². The normalized spacial score (nSPS) is 13.7. The average Bonchev–Trinajstić information content (AvgIpc) is 3.21. The molecule has 0 bridgehead atoms. The molecule has 1 aliphatic rings. The Balaban J connectivity index is 1.28. The summed E-state index contributed by atoms with van der Waals surface area (Å²) in [4.78, 5) is 20.4. The maximum absolute atomic E-state index is 5.96. The van der Waals surface area contributed by atoms with Gasteiger partial charge in [0.15, 0.2) is 10.3 Å². The van der Waals surface area contributed by atoms with E-state index in [-0.39, 0.29) is 0 Å². The van der Waals surface area contributed by atoms with Crippen LogP contribution in [-0.4, -0.2) is 38.1 Å². The van der Waals surface area contributed by atoms with E-state index in [9.17, 15) is 0 Å². The number of benzene rings is 1. The van der Waals surface area contributed by atoms with E-state index >= 15 is 0 Å². The maximum atomic E-state index is 5.96. The van der Waals surface area contributed by atoms with Gasteiger partial charge in [0.2, 0.25) is 5.95 Å². The molecule has 1 aromatic carbocycles. The molecule has 1 fully saturated rings. The van der Waals surface area contributed by atoms with Gasteiger partial charge in [-0.2, -0.15) is 4.98 Å². The van der Waals surface area contributed by atoms with E-state index in [2.05, 4.69) is 30.5 Å². The van der Waals surface area contributed by atoms with Gasteiger partial charge in [0, 0.05) is 37.1 Å². The van der Waals surface area contributed by atoms with Crippen LogP contribution in [0.3, 0.4) is 0 Å². The molecule has 5 rings (SSSR count). The van der Waals surface area contributed by atoms with Gasteiger partial charge in [0.1, 0.15) is 22.4 Å². The van der Waals surface area contributed by atoms with Gasteiger partial charge in [-0.25, -0.2) is 15.0 Å². The van der Waals surface area contributed by atoms with E-state index in [0.717, 1.165) is 53.9 Å². The molecule has 10 heteroatoms. The zero-order valence-corrected chi connectivity index (χ0v) is 21.4. The number of furan rings is 1. The molecule has 0 saturated carbocycles. The van der Waals surface area contributed by atoms with Crippen molar-refractivity contribution in [3.63, 3.8) is 0 Å². The second-order valence-electron chi connectivity index (χ2n) is 8.36. The fraction of sp³-hybridized carbons (Fsp3) is 0.269. The fourth-order valence-electron chi connectivity index (χ4n) is 3.96. The van der Waals surface area contributed by atoms with Crippen molar-refractivity contribution in [2.75, 3.05) is 23.3 Å². The monoisotopic (exact) mass is 517 g/mol. The van der Waals surface area contributed by atoms with E-state index in [1.54, 1.807) is 18.5 Å². The van der Waals surface area contributed by atoms with Crippen LogP contribution in [0.5, 0.6) is 0 Å². The minimum atomic E-state index is 0.424. The number of hydrogen-bond acceptors (Lipinski definition) is 8. The lowest BCUT2D eigenvalue weighted by atomic mass is 10.2. The molecule has 184 valence electrons. The molecule has 0 unspecified atom stereocenters. The first-order chi connectivity index (χ1) is 17.7. The topological polar surface area (TPSA) is 92.0 Å². The second kappa shape index (κ2) is 12.0. The van der Waals surface area contributed by atoms with Gasteiger partial charge in [-0.3, -0.25) is 0 Å². The van der Waals surface area contributed by atoms with Crippen LogP contribution in [-0.2, 0) is 6.54 Å². The highest BCUT2D eigenvalue weighted by atomic mass is 32.2. The van der Waals surface area contributed by atoms with E-state index in [1.165, 1.54) is 24.6 Å². The number of aromatic nitrogens is 4. The van der Waals surface area contributed by atoms with Gasteiger partial charge < -0.3 is 20.0 Å². The van der Waals surface area contributed by atoms with Crippen molar-refractivity contribution in [1.82, 2.24) is 25.3 Å². The summed E-state index contributed by atoms with van der Waals surface area (Å²) in [5.41, 5.74) is 1.04. The van der Waals surface area contributed by atoms with Crippen LogP contribution in [0.2, 0.25) is 0 Å². The molecule has 1 aliphatic heterocycles. The number of thiocarbonyl (C=S) groups is 1. The highest BCUT2D eigenvalue weighted by molar-refractivity contribution is 7.99. The van der Waals surface area contributed by atoms with E-state index in [4.69, 9.17) is 21.6 Å². The zero-order chi connectivity index (χ0) is 24.6. The Labute approximate surface area is 220 Å². The largest absolute Gasteiger partial charge is 0.459 e. The Bertz CT molecular complexity index is 1280. The van der Waals surface area contributed by atoms with Crippen molar-refractivity contribution < 1.29 is 4.42 Å². The minimum Gasteiger partial charge on any atom is -0.459 e. The van der Waals surface area contributed by atoms with Gasteiger partial charge in [-0.15, -0.1) is 0 Å². The van der Waals surface area contributed by atoms with Gasteiger partial charge in [0.25, 0.3) is 0 Å². The molecule has 0 spiro atoms. The summed E-state index contributed by atoms with van der Waals surface area (Å²) in [5, 5.41) is 8.16. The summed E-state index contributed by atoms with van der Waals surface area (Å²) in [6.07, 6.45) is 8.26. The predicted molar refractivity (Wildman–Crippen MR) is 146 cm³/mol. The Morgan fingerprint density at radius 1 is 0.944 bits per heavy atom. The van der Waals surface area contributed by atoms with Crippen LogP contribution < -0.4 is 15.5 Å². The molecule has 36 heavy (non-hydrogen) atoms. The standard InChI is InChI=1S/C26H27N7OS2/c35-25(29-18-20-11-12-21(34-20)19-9-4-3-5-10-19)32-24-30-22(33-15-6-1-2-7-16-33)17-23(31-24)36-26-27-13-8-14-28-26/h3-5,8-14,17H,1-2,6-7,15-16,18H2,(H2,29,30,31,32,35). The molecule has 0 aliphatic carbocycles. The smallest absolute Gasteiger partial charge is 0.232 e. The molecule has 8 nitrogen and oxygen atoms in total. The fourth-order valence-corrected chi connectivity index (χ4v) is 4.83. The van der Waals surface area contributed by atoms with Gasteiger partial charge in [-0.1, -0.05) is 43.2 Å². The molecule has 4 aromatic rings. The lowest BCUT2D eigenvalue weighted by Gasteiger charge is -2.22. The van der Waals surface area contributed by atoms with Crippen molar-refractivity contribution in [3.05, 3.63) is 72.8 Å². The lowest BCUT2D eigenvalue weighted by molar-refractivity contribution is 0.516. The molecule has 2 N–H and O–H groups in total. The first kappa shape index (κ1) is 24.2. The zero-order valence-electron chi connectivity index (χ0n) is 19.8. The van der Waals surface area contributed by atoms with Gasteiger partial charge in [-0.05, 0) is 55.0 Å². The lowest BCUT2D eigenvalue weighted by Crippen LogP contribution is -2.30. The summed E-state index contributed by atoms with van der Waals surface area (Å²) in [7, 11) is 0. The molecular formula is C26H27N7OS2. The van der Waals surface area contributed by atoms with Crippen LogP contribution >= 0.6 is 24.0 Å². The van der Waals surface area contributed by atoms with E-state index in [1.807, 2.05) is 48.5 Å². The molecule has 0 radical (unpaired) electrons. The van der Waals surface area contributed by atoms with Gasteiger partial charge >= 0.3 is 0 Å². The molecule has 0 atom stereocenters. The quantitative estimate of drug-likeness (QED) is 0.185. The van der Waals surface area contributed by atoms with Crippen molar-refractivity contribution in [2.45, 2.75) is 42.4 Å².